The van der Waals surface area contributed by atoms with Crippen molar-refractivity contribution in [1.82, 2.24) is 0 Å². The molecular formula is C30H21Cl2NO4. The van der Waals surface area contributed by atoms with Crippen LogP contribution < -0.4 is 4.90 Å². The summed E-state index contributed by atoms with van der Waals surface area (Å²) in [5.74, 6) is 0.423. The number of rotatable bonds is 6. The molecule has 0 radical (unpaired) electrons. The maximum absolute atomic E-state index is 13.7. The van der Waals surface area contributed by atoms with Gasteiger partial charge in [0.25, 0.3) is 5.91 Å². The third-order valence-electron chi connectivity index (χ3n) is 5.80. The smallest absolute Gasteiger partial charge is 0.338 e. The van der Waals surface area contributed by atoms with Gasteiger partial charge in [-0.25, -0.2) is 4.79 Å². The Morgan fingerprint density at radius 2 is 1.73 bits per heavy atom. The lowest BCUT2D eigenvalue weighted by molar-refractivity contribution is -0.113. The zero-order valence-corrected chi connectivity index (χ0v) is 21.3. The fourth-order valence-corrected chi connectivity index (χ4v) is 4.37. The summed E-state index contributed by atoms with van der Waals surface area (Å²) in [6.45, 7) is 2.02. The van der Waals surface area contributed by atoms with Gasteiger partial charge in [-0.15, -0.1) is 0 Å². The van der Waals surface area contributed by atoms with Crippen molar-refractivity contribution >= 4 is 52.5 Å². The van der Waals surface area contributed by atoms with Crippen LogP contribution in [0.4, 0.5) is 5.69 Å². The van der Waals surface area contributed by atoms with Crippen LogP contribution in [-0.4, -0.2) is 18.5 Å². The van der Waals surface area contributed by atoms with E-state index < -0.39 is 5.97 Å². The van der Waals surface area contributed by atoms with E-state index in [1.54, 1.807) is 60.4 Å². The van der Waals surface area contributed by atoms with Crippen molar-refractivity contribution in [2.45, 2.75) is 6.92 Å². The standard InChI is InChI=1S/C30H21Cl2NO4/c1-2-36-30(35)21-9-6-10-23(15-21)33-27(19-7-4-3-5-8-19)18-22(29(33)34)16-24-12-14-28(37-24)20-11-13-25(31)26(32)17-20/h3-18H,2H2,1H3/b22-16+. The Hall–Kier alpha value is -4.06. The van der Waals surface area contributed by atoms with Crippen molar-refractivity contribution in [1.29, 1.82) is 0 Å². The highest BCUT2D eigenvalue weighted by atomic mass is 35.5. The molecule has 0 atom stereocenters. The fraction of sp³-hybridized carbons (Fsp3) is 0.0667. The van der Waals surface area contributed by atoms with Crippen molar-refractivity contribution in [2.75, 3.05) is 11.5 Å². The maximum Gasteiger partial charge on any atom is 0.338 e. The minimum atomic E-state index is -0.442. The largest absolute Gasteiger partial charge is 0.462 e. The van der Waals surface area contributed by atoms with E-state index in [1.165, 1.54) is 0 Å². The average molecular weight is 530 g/mol. The number of anilines is 1. The van der Waals surface area contributed by atoms with Gasteiger partial charge in [-0.3, -0.25) is 9.69 Å². The zero-order valence-electron chi connectivity index (χ0n) is 19.8. The number of amides is 1. The second-order valence-corrected chi connectivity index (χ2v) is 9.05. The number of carbonyl (C=O) groups excluding carboxylic acids is 2. The number of carbonyl (C=O) groups is 2. The third kappa shape index (κ3) is 5.10. The van der Waals surface area contributed by atoms with E-state index in [2.05, 4.69) is 0 Å². The van der Waals surface area contributed by atoms with Crippen molar-refractivity contribution in [3.05, 3.63) is 124 Å². The van der Waals surface area contributed by atoms with Gasteiger partial charge in [-0.05, 0) is 73.2 Å². The molecule has 0 fully saturated rings. The van der Waals surface area contributed by atoms with Crippen LogP contribution in [0.2, 0.25) is 10.0 Å². The second kappa shape index (κ2) is 10.5. The first-order chi connectivity index (χ1) is 17.9. The summed E-state index contributed by atoms with van der Waals surface area (Å²) in [5, 5.41) is 0.888. The van der Waals surface area contributed by atoms with E-state index in [9.17, 15) is 9.59 Å². The first kappa shape index (κ1) is 24.6. The molecule has 1 aliphatic rings. The highest BCUT2D eigenvalue weighted by molar-refractivity contribution is 6.42. The monoisotopic (exact) mass is 529 g/mol. The van der Waals surface area contributed by atoms with Crippen LogP contribution in [-0.2, 0) is 9.53 Å². The van der Waals surface area contributed by atoms with Crippen LogP contribution in [0.1, 0.15) is 28.6 Å². The molecule has 0 spiro atoms. The second-order valence-electron chi connectivity index (χ2n) is 8.24. The van der Waals surface area contributed by atoms with Gasteiger partial charge in [0.05, 0.1) is 33.6 Å². The molecule has 7 heteroatoms. The van der Waals surface area contributed by atoms with Gasteiger partial charge in [0.1, 0.15) is 11.5 Å². The Labute approximate surface area is 224 Å². The van der Waals surface area contributed by atoms with Crippen LogP contribution in [0.25, 0.3) is 23.1 Å². The van der Waals surface area contributed by atoms with Gasteiger partial charge in [-0.1, -0.05) is 59.6 Å². The van der Waals surface area contributed by atoms with Gasteiger partial charge in [0, 0.05) is 11.1 Å². The van der Waals surface area contributed by atoms with Crippen molar-refractivity contribution < 1.29 is 18.7 Å². The minimum absolute atomic E-state index is 0.243. The molecule has 2 heterocycles. The molecule has 184 valence electrons. The van der Waals surface area contributed by atoms with E-state index in [0.717, 1.165) is 11.1 Å². The number of nitrogens with zero attached hydrogens (tertiary/aromatic N) is 1. The van der Waals surface area contributed by atoms with E-state index >= 15 is 0 Å². The molecule has 1 amide bonds. The normalized spacial score (nSPS) is 14.2. The summed E-state index contributed by atoms with van der Waals surface area (Å²) in [4.78, 5) is 27.6. The van der Waals surface area contributed by atoms with E-state index in [4.69, 9.17) is 32.4 Å². The summed E-state index contributed by atoms with van der Waals surface area (Å²) in [5.41, 5.74) is 3.69. The molecule has 1 aliphatic heterocycles. The molecular weight excluding hydrogens is 509 g/mol. The lowest BCUT2D eigenvalue weighted by atomic mass is 10.1. The number of benzene rings is 3. The van der Waals surface area contributed by atoms with Crippen LogP contribution in [0.5, 0.6) is 0 Å². The zero-order chi connectivity index (χ0) is 25.9. The number of furan rings is 1. The molecule has 37 heavy (non-hydrogen) atoms. The molecule has 0 unspecified atom stereocenters. The molecule has 0 saturated carbocycles. The van der Waals surface area contributed by atoms with Gasteiger partial charge in [0.15, 0.2) is 0 Å². The van der Waals surface area contributed by atoms with E-state index in [-0.39, 0.29) is 12.5 Å². The molecule has 3 aromatic carbocycles. The molecule has 0 aliphatic carbocycles. The Balaban J connectivity index is 1.53. The lowest BCUT2D eigenvalue weighted by Gasteiger charge is -2.21. The lowest BCUT2D eigenvalue weighted by Crippen LogP contribution is -2.25. The quantitative estimate of drug-likeness (QED) is 0.188. The average Bonchev–Trinajstić information content (AvgIpc) is 3.51. The summed E-state index contributed by atoms with van der Waals surface area (Å²) >= 11 is 12.2. The highest BCUT2D eigenvalue weighted by Gasteiger charge is 2.31. The molecule has 1 aromatic heterocycles. The Morgan fingerprint density at radius 1 is 0.919 bits per heavy atom. The molecule has 0 saturated heterocycles. The van der Waals surface area contributed by atoms with E-state index in [1.807, 2.05) is 48.5 Å². The number of hydrogen-bond donors (Lipinski definition) is 0. The van der Waals surface area contributed by atoms with E-state index in [0.29, 0.717) is 44.1 Å². The first-order valence-corrected chi connectivity index (χ1v) is 12.4. The van der Waals surface area contributed by atoms with Crippen molar-refractivity contribution in [2.24, 2.45) is 0 Å². The van der Waals surface area contributed by atoms with Gasteiger partial charge in [0.2, 0.25) is 0 Å². The summed E-state index contributed by atoms with van der Waals surface area (Å²) in [6, 6.07) is 25.3. The van der Waals surface area contributed by atoms with Gasteiger partial charge >= 0.3 is 5.97 Å². The summed E-state index contributed by atoms with van der Waals surface area (Å²) in [6.07, 6.45) is 3.51. The predicted molar refractivity (Wildman–Crippen MR) is 146 cm³/mol. The topological polar surface area (TPSA) is 59.8 Å². The highest BCUT2D eigenvalue weighted by Crippen LogP contribution is 2.36. The SMILES string of the molecule is CCOC(=O)c1cccc(N2C(=O)/C(=C/c3ccc(-c4ccc(Cl)c(Cl)c4)o3)C=C2c2ccccc2)c1. The Kier molecular flexibility index (Phi) is 6.99. The Morgan fingerprint density at radius 3 is 2.49 bits per heavy atom. The minimum Gasteiger partial charge on any atom is -0.462 e. The van der Waals surface area contributed by atoms with Gasteiger partial charge < -0.3 is 9.15 Å². The fourth-order valence-electron chi connectivity index (χ4n) is 4.07. The third-order valence-corrected chi connectivity index (χ3v) is 6.54. The molecule has 0 bridgehead atoms. The van der Waals surface area contributed by atoms with Crippen LogP contribution in [0.3, 0.4) is 0 Å². The number of esters is 1. The summed E-state index contributed by atoms with van der Waals surface area (Å²) in [7, 11) is 0. The van der Waals surface area contributed by atoms with Crippen LogP contribution >= 0.6 is 23.2 Å². The molecule has 5 nitrogen and oxygen atoms in total. The van der Waals surface area contributed by atoms with Crippen LogP contribution in [0, 0.1) is 0 Å². The predicted octanol–water partition coefficient (Wildman–Crippen LogP) is 7.90. The number of hydrogen-bond acceptors (Lipinski definition) is 4. The number of ether oxygens (including phenoxy) is 1. The van der Waals surface area contributed by atoms with Gasteiger partial charge in [-0.2, -0.15) is 0 Å². The number of halogens is 2. The van der Waals surface area contributed by atoms with Crippen molar-refractivity contribution in [3.63, 3.8) is 0 Å². The molecule has 4 aromatic rings. The first-order valence-electron chi connectivity index (χ1n) is 11.6. The van der Waals surface area contributed by atoms with Crippen molar-refractivity contribution in [3.8, 4) is 11.3 Å². The van der Waals surface area contributed by atoms with Crippen LogP contribution in [0.15, 0.2) is 101 Å². The Bertz CT molecular complexity index is 1550. The molecule has 0 N–H and O–H groups in total. The summed E-state index contributed by atoms with van der Waals surface area (Å²) < 4.78 is 11.1. The maximum atomic E-state index is 13.7. The molecule has 5 rings (SSSR count).